The number of aliphatic carboxylic acids is 1. The molecule has 2 atom stereocenters. The summed E-state index contributed by atoms with van der Waals surface area (Å²) in [4.78, 5) is 24.7. The Balaban J connectivity index is 1.99. The molecule has 4 nitrogen and oxygen atoms in total. The minimum Gasteiger partial charge on any atom is -0.481 e. The predicted octanol–water partition coefficient (Wildman–Crippen LogP) is 2.64. The smallest absolute Gasteiger partial charge is 0.308 e. The molecule has 5 heteroatoms. The van der Waals surface area contributed by atoms with Crippen LogP contribution < -0.4 is 0 Å². The molecule has 1 aromatic carbocycles. The summed E-state index contributed by atoms with van der Waals surface area (Å²) < 4.78 is 0.985. The maximum Gasteiger partial charge on any atom is 0.308 e. The highest BCUT2D eigenvalue weighted by Gasteiger charge is 2.36. The third kappa shape index (κ3) is 3.48. The van der Waals surface area contributed by atoms with E-state index >= 15 is 0 Å². The van der Waals surface area contributed by atoms with E-state index < -0.39 is 11.9 Å². The molecule has 2 rings (SSSR count). The molecule has 1 aromatic rings. The Bertz CT molecular complexity index is 539. The first-order chi connectivity index (χ1) is 9.47. The van der Waals surface area contributed by atoms with Crippen molar-refractivity contribution in [3.8, 4) is 0 Å². The van der Waals surface area contributed by atoms with Crippen molar-refractivity contribution in [1.29, 1.82) is 0 Å². The summed E-state index contributed by atoms with van der Waals surface area (Å²) in [5.41, 5.74) is 0.934. The van der Waals surface area contributed by atoms with Gasteiger partial charge in [0.1, 0.15) is 0 Å². The second kappa shape index (κ2) is 6.22. The number of hydrogen-bond acceptors (Lipinski definition) is 2. The van der Waals surface area contributed by atoms with E-state index in [0.717, 1.165) is 10.0 Å². The lowest BCUT2D eigenvalue weighted by atomic mass is 9.99. The van der Waals surface area contributed by atoms with Gasteiger partial charge in [-0.15, -0.1) is 0 Å². The summed E-state index contributed by atoms with van der Waals surface area (Å²) in [6.45, 7) is 2.66. The fourth-order valence-electron chi connectivity index (χ4n) is 2.32. The van der Waals surface area contributed by atoms with Crippen LogP contribution in [0.4, 0.5) is 0 Å². The lowest BCUT2D eigenvalue weighted by molar-refractivity contribution is -0.142. The zero-order valence-corrected chi connectivity index (χ0v) is 12.7. The van der Waals surface area contributed by atoms with Crippen molar-refractivity contribution in [3.05, 3.63) is 40.4 Å². The first-order valence-electron chi connectivity index (χ1n) is 6.42. The molecular formula is C15H16BrNO3. The molecule has 0 aliphatic carbocycles. The quantitative estimate of drug-likeness (QED) is 0.862. The first-order valence-corrected chi connectivity index (χ1v) is 7.22. The fourth-order valence-corrected chi connectivity index (χ4v) is 2.58. The van der Waals surface area contributed by atoms with Gasteiger partial charge in [0.15, 0.2) is 0 Å². The first kappa shape index (κ1) is 14.8. The normalized spacial score (nSPS) is 22.4. The lowest BCUT2D eigenvalue weighted by Crippen LogP contribution is -2.28. The molecule has 1 aliphatic heterocycles. The molecule has 1 saturated heterocycles. The monoisotopic (exact) mass is 337 g/mol. The van der Waals surface area contributed by atoms with E-state index in [2.05, 4.69) is 15.9 Å². The number of halogens is 1. The molecule has 0 spiro atoms. The maximum absolute atomic E-state index is 12.0. The van der Waals surface area contributed by atoms with Gasteiger partial charge in [-0.3, -0.25) is 9.59 Å². The summed E-state index contributed by atoms with van der Waals surface area (Å²) in [6.07, 6.45) is 3.24. The number of nitrogens with zero attached hydrogens (tertiary/aromatic N) is 1. The van der Waals surface area contributed by atoms with E-state index in [1.807, 2.05) is 31.2 Å². The average Bonchev–Trinajstić information content (AvgIpc) is 2.80. The Hall–Kier alpha value is -1.62. The van der Waals surface area contributed by atoms with Crippen LogP contribution in [0, 0.1) is 11.8 Å². The molecule has 1 N–H and O–H groups in total. The second-order valence-corrected chi connectivity index (χ2v) is 5.97. The number of hydrogen-bond donors (Lipinski definition) is 1. The summed E-state index contributed by atoms with van der Waals surface area (Å²) >= 11 is 3.35. The van der Waals surface area contributed by atoms with E-state index in [-0.39, 0.29) is 11.8 Å². The van der Waals surface area contributed by atoms with E-state index in [0.29, 0.717) is 13.1 Å². The highest BCUT2D eigenvalue weighted by molar-refractivity contribution is 9.10. The van der Waals surface area contributed by atoms with Crippen LogP contribution in [0.3, 0.4) is 0 Å². The Morgan fingerprint density at radius 3 is 2.50 bits per heavy atom. The van der Waals surface area contributed by atoms with Crippen LogP contribution in [0.1, 0.15) is 12.5 Å². The highest BCUT2D eigenvalue weighted by atomic mass is 79.9. The van der Waals surface area contributed by atoms with Crippen molar-refractivity contribution >= 4 is 33.9 Å². The summed E-state index contributed by atoms with van der Waals surface area (Å²) in [5.74, 6) is -1.43. The summed E-state index contributed by atoms with van der Waals surface area (Å²) in [6, 6.07) is 7.62. The second-order valence-electron chi connectivity index (χ2n) is 5.05. The van der Waals surface area contributed by atoms with Gasteiger partial charge < -0.3 is 10.0 Å². The average molecular weight is 338 g/mol. The molecule has 1 fully saturated rings. The molecular weight excluding hydrogens is 322 g/mol. The van der Waals surface area contributed by atoms with Crippen molar-refractivity contribution in [1.82, 2.24) is 4.90 Å². The van der Waals surface area contributed by atoms with E-state index in [4.69, 9.17) is 5.11 Å². The molecule has 0 radical (unpaired) electrons. The van der Waals surface area contributed by atoms with Crippen molar-refractivity contribution in [2.24, 2.45) is 11.8 Å². The van der Waals surface area contributed by atoms with Gasteiger partial charge in [-0.05, 0) is 29.7 Å². The number of rotatable bonds is 3. The van der Waals surface area contributed by atoms with Crippen LogP contribution in [-0.2, 0) is 9.59 Å². The largest absolute Gasteiger partial charge is 0.481 e. The van der Waals surface area contributed by atoms with Gasteiger partial charge in [0.05, 0.1) is 5.92 Å². The highest BCUT2D eigenvalue weighted by Crippen LogP contribution is 2.23. The molecule has 0 unspecified atom stereocenters. The standard InChI is InChI=1S/C15H16BrNO3/c1-10-8-17(9-13(10)15(19)20)14(18)7-4-11-2-5-12(16)6-3-11/h2-7,10,13H,8-9H2,1H3,(H,19,20)/b7-4+/t10-,13-/m1/s1. The van der Waals surface area contributed by atoms with Crippen molar-refractivity contribution in [2.45, 2.75) is 6.92 Å². The minimum atomic E-state index is -0.829. The van der Waals surface area contributed by atoms with Crippen LogP contribution in [0.15, 0.2) is 34.8 Å². The number of benzene rings is 1. The predicted molar refractivity (Wildman–Crippen MR) is 80.0 cm³/mol. The van der Waals surface area contributed by atoms with Crippen LogP contribution in [-0.4, -0.2) is 35.0 Å². The number of carboxylic acids is 1. The number of carbonyl (C=O) groups excluding carboxylic acids is 1. The van der Waals surface area contributed by atoms with E-state index in [9.17, 15) is 9.59 Å². The molecule has 106 valence electrons. The molecule has 0 aromatic heterocycles. The van der Waals surface area contributed by atoms with Crippen molar-refractivity contribution < 1.29 is 14.7 Å². The third-order valence-electron chi connectivity index (χ3n) is 3.53. The van der Waals surface area contributed by atoms with Gasteiger partial charge in [0, 0.05) is 23.6 Å². The molecule has 20 heavy (non-hydrogen) atoms. The number of amides is 1. The van der Waals surface area contributed by atoms with Crippen LogP contribution in [0.5, 0.6) is 0 Å². The van der Waals surface area contributed by atoms with Crippen LogP contribution in [0.25, 0.3) is 6.08 Å². The van der Waals surface area contributed by atoms with Crippen LogP contribution in [0.2, 0.25) is 0 Å². The zero-order chi connectivity index (χ0) is 14.7. The number of carboxylic acid groups (broad SMARTS) is 1. The zero-order valence-electron chi connectivity index (χ0n) is 11.1. The van der Waals surface area contributed by atoms with Gasteiger partial charge in [-0.2, -0.15) is 0 Å². The third-order valence-corrected chi connectivity index (χ3v) is 4.06. The van der Waals surface area contributed by atoms with Crippen molar-refractivity contribution in [3.63, 3.8) is 0 Å². The van der Waals surface area contributed by atoms with Crippen molar-refractivity contribution in [2.75, 3.05) is 13.1 Å². The molecule has 1 heterocycles. The van der Waals surface area contributed by atoms with Gasteiger partial charge in [0.25, 0.3) is 0 Å². The van der Waals surface area contributed by atoms with E-state index in [1.165, 1.54) is 6.08 Å². The Kier molecular flexibility index (Phi) is 4.60. The fraction of sp³-hybridized carbons (Fsp3) is 0.333. The van der Waals surface area contributed by atoms with E-state index in [1.54, 1.807) is 11.0 Å². The maximum atomic E-state index is 12.0. The number of likely N-dealkylation sites (tertiary alicyclic amines) is 1. The van der Waals surface area contributed by atoms with Crippen LogP contribution >= 0.6 is 15.9 Å². The lowest BCUT2D eigenvalue weighted by Gasteiger charge is -2.12. The van der Waals surface area contributed by atoms with Gasteiger partial charge >= 0.3 is 5.97 Å². The SMILES string of the molecule is C[C@@H]1CN(C(=O)/C=C/c2ccc(Br)cc2)C[C@H]1C(=O)O. The topological polar surface area (TPSA) is 57.6 Å². The Morgan fingerprint density at radius 1 is 1.30 bits per heavy atom. The molecule has 1 amide bonds. The minimum absolute atomic E-state index is 0.00229. The molecule has 1 aliphatic rings. The molecule has 0 saturated carbocycles. The summed E-state index contributed by atoms with van der Waals surface area (Å²) in [7, 11) is 0. The van der Waals surface area contributed by atoms with Gasteiger partial charge in [-0.25, -0.2) is 0 Å². The van der Waals surface area contributed by atoms with Gasteiger partial charge in [0.2, 0.25) is 5.91 Å². The Labute approximate surface area is 126 Å². The Morgan fingerprint density at radius 2 is 1.95 bits per heavy atom. The number of carbonyl (C=O) groups is 2. The van der Waals surface area contributed by atoms with Gasteiger partial charge in [-0.1, -0.05) is 35.0 Å². The molecule has 0 bridgehead atoms. The summed E-state index contributed by atoms with van der Waals surface area (Å²) in [5, 5.41) is 9.06.